The number of anilines is 1. The van der Waals surface area contributed by atoms with Crippen LogP contribution in [0.1, 0.15) is 30.6 Å². The van der Waals surface area contributed by atoms with Crippen molar-refractivity contribution in [3.8, 4) is 0 Å². The number of benzene rings is 1. The van der Waals surface area contributed by atoms with Gasteiger partial charge in [0.1, 0.15) is 5.82 Å². The van der Waals surface area contributed by atoms with E-state index in [-0.39, 0.29) is 17.9 Å². The number of nitrogens with zero attached hydrogens (tertiary/aromatic N) is 2. The Hall–Kier alpha value is -1.94. The highest BCUT2D eigenvalue weighted by atomic mass is 19.1. The number of hydrogen-bond acceptors (Lipinski definition) is 3. The Balaban J connectivity index is 2.02. The highest BCUT2D eigenvalue weighted by Gasteiger charge is 2.31. The summed E-state index contributed by atoms with van der Waals surface area (Å²) in [5, 5.41) is 0. The van der Waals surface area contributed by atoms with Gasteiger partial charge < -0.3 is 10.6 Å². The van der Waals surface area contributed by atoms with Crippen molar-refractivity contribution < 1.29 is 4.39 Å². The highest BCUT2D eigenvalue weighted by Crippen LogP contribution is 2.36. The van der Waals surface area contributed by atoms with E-state index in [2.05, 4.69) is 16.8 Å². The van der Waals surface area contributed by atoms with Gasteiger partial charge in [0.2, 0.25) is 0 Å². The molecule has 0 spiro atoms. The Morgan fingerprint density at radius 3 is 2.90 bits per heavy atom. The van der Waals surface area contributed by atoms with Crippen LogP contribution in [-0.4, -0.2) is 17.6 Å². The molecule has 2 heterocycles. The lowest BCUT2D eigenvalue weighted by atomic mass is 10.0. The maximum absolute atomic E-state index is 13.6. The number of halogens is 1. The van der Waals surface area contributed by atoms with E-state index in [1.807, 2.05) is 24.3 Å². The second-order valence-corrected chi connectivity index (χ2v) is 5.49. The smallest absolute Gasteiger partial charge is 0.125 e. The molecule has 0 bridgehead atoms. The van der Waals surface area contributed by atoms with Crippen molar-refractivity contribution in [2.24, 2.45) is 5.73 Å². The van der Waals surface area contributed by atoms with Crippen LogP contribution in [0.3, 0.4) is 0 Å². The van der Waals surface area contributed by atoms with Crippen LogP contribution < -0.4 is 10.6 Å². The van der Waals surface area contributed by atoms with Crippen molar-refractivity contribution in [3.05, 3.63) is 59.7 Å². The number of pyridine rings is 1. The maximum atomic E-state index is 13.6. The van der Waals surface area contributed by atoms with Crippen LogP contribution in [-0.2, 0) is 6.42 Å². The molecular weight excluding hydrogens is 265 g/mol. The average Bonchev–Trinajstić information content (AvgIpc) is 2.91. The molecule has 1 aromatic carbocycles. The zero-order valence-electron chi connectivity index (χ0n) is 12.2. The number of nitrogens with two attached hydrogens (primary N) is 1. The standard InChI is InChI=1S/C17H20FN3/c1-2-14(19)17(15-5-3-4-9-20-15)21-10-8-12-6-7-13(18)11-16(12)21/h3-7,9,11,14,17H,2,8,10,19H2,1H3. The first kappa shape index (κ1) is 14.0. The topological polar surface area (TPSA) is 42.1 Å². The van der Waals surface area contributed by atoms with Crippen LogP contribution >= 0.6 is 0 Å². The summed E-state index contributed by atoms with van der Waals surface area (Å²) in [6.07, 6.45) is 3.56. The summed E-state index contributed by atoms with van der Waals surface area (Å²) in [6.45, 7) is 2.93. The normalized spacial score (nSPS) is 16.6. The lowest BCUT2D eigenvalue weighted by Gasteiger charge is -2.34. The Bertz CT molecular complexity index is 615. The van der Waals surface area contributed by atoms with Gasteiger partial charge >= 0.3 is 0 Å². The van der Waals surface area contributed by atoms with Crippen LogP contribution in [0.15, 0.2) is 42.6 Å². The van der Waals surface area contributed by atoms with Crippen LogP contribution in [0.2, 0.25) is 0 Å². The van der Waals surface area contributed by atoms with Crippen LogP contribution in [0.25, 0.3) is 0 Å². The summed E-state index contributed by atoms with van der Waals surface area (Å²) < 4.78 is 13.6. The molecule has 0 fully saturated rings. The van der Waals surface area contributed by atoms with Crippen molar-refractivity contribution >= 4 is 5.69 Å². The fraction of sp³-hybridized carbons (Fsp3) is 0.353. The molecule has 2 atom stereocenters. The largest absolute Gasteiger partial charge is 0.361 e. The molecule has 1 aliphatic heterocycles. The molecule has 0 amide bonds. The third kappa shape index (κ3) is 2.63. The minimum atomic E-state index is -0.203. The van der Waals surface area contributed by atoms with Gasteiger partial charge in [0, 0.05) is 24.5 Å². The van der Waals surface area contributed by atoms with Gasteiger partial charge in [-0.2, -0.15) is 0 Å². The van der Waals surface area contributed by atoms with E-state index >= 15 is 0 Å². The molecule has 0 aliphatic carbocycles. The molecule has 2 N–H and O–H groups in total. The Labute approximate surface area is 124 Å². The van der Waals surface area contributed by atoms with Crippen LogP contribution in [0, 0.1) is 5.82 Å². The highest BCUT2D eigenvalue weighted by molar-refractivity contribution is 5.59. The summed E-state index contributed by atoms with van der Waals surface area (Å²) >= 11 is 0. The van der Waals surface area contributed by atoms with Crippen molar-refractivity contribution in [1.29, 1.82) is 0 Å². The van der Waals surface area contributed by atoms with E-state index in [9.17, 15) is 4.39 Å². The minimum absolute atomic E-state index is 0.0146. The lowest BCUT2D eigenvalue weighted by Crippen LogP contribution is -2.40. The Kier molecular flexibility index (Phi) is 3.88. The van der Waals surface area contributed by atoms with E-state index < -0.39 is 0 Å². The van der Waals surface area contributed by atoms with Gasteiger partial charge in [-0.25, -0.2) is 4.39 Å². The zero-order chi connectivity index (χ0) is 14.8. The average molecular weight is 285 g/mol. The molecular formula is C17H20FN3. The molecule has 110 valence electrons. The van der Waals surface area contributed by atoms with Gasteiger partial charge in [0.15, 0.2) is 0 Å². The molecule has 3 rings (SSSR count). The molecule has 0 saturated heterocycles. The molecule has 0 radical (unpaired) electrons. The zero-order valence-corrected chi connectivity index (χ0v) is 12.2. The van der Waals surface area contributed by atoms with E-state index in [0.717, 1.165) is 30.8 Å². The first-order valence-corrected chi connectivity index (χ1v) is 7.42. The minimum Gasteiger partial charge on any atom is -0.361 e. The molecule has 1 aliphatic rings. The van der Waals surface area contributed by atoms with Crippen molar-refractivity contribution in [3.63, 3.8) is 0 Å². The Morgan fingerprint density at radius 2 is 2.19 bits per heavy atom. The van der Waals surface area contributed by atoms with Gasteiger partial charge in [-0.15, -0.1) is 0 Å². The van der Waals surface area contributed by atoms with Gasteiger partial charge in [-0.3, -0.25) is 4.98 Å². The van der Waals surface area contributed by atoms with Crippen molar-refractivity contribution in [2.75, 3.05) is 11.4 Å². The third-order valence-corrected chi connectivity index (χ3v) is 4.18. The number of rotatable bonds is 4. The molecule has 2 aromatic rings. The second kappa shape index (κ2) is 5.82. The first-order chi connectivity index (χ1) is 10.2. The molecule has 2 unspecified atom stereocenters. The van der Waals surface area contributed by atoms with Crippen molar-refractivity contribution in [2.45, 2.75) is 31.8 Å². The lowest BCUT2D eigenvalue weighted by molar-refractivity contribution is 0.488. The summed E-state index contributed by atoms with van der Waals surface area (Å²) in [7, 11) is 0. The molecule has 3 nitrogen and oxygen atoms in total. The predicted molar refractivity (Wildman–Crippen MR) is 82.7 cm³/mol. The number of hydrogen-bond donors (Lipinski definition) is 1. The van der Waals surface area contributed by atoms with Crippen molar-refractivity contribution in [1.82, 2.24) is 4.98 Å². The first-order valence-electron chi connectivity index (χ1n) is 7.42. The van der Waals surface area contributed by atoms with E-state index in [1.165, 1.54) is 11.6 Å². The van der Waals surface area contributed by atoms with Gasteiger partial charge in [-0.1, -0.05) is 19.1 Å². The maximum Gasteiger partial charge on any atom is 0.125 e. The number of fused-ring (bicyclic) bond motifs is 1. The van der Waals surface area contributed by atoms with E-state index in [4.69, 9.17) is 5.73 Å². The molecule has 21 heavy (non-hydrogen) atoms. The molecule has 1 aromatic heterocycles. The summed E-state index contributed by atoms with van der Waals surface area (Å²) in [4.78, 5) is 6.68. The number of aromatic nitrogens is 1. The van der Waals surface area contributed by atoms with E-state index in [0.29, 0.717) is 0 Å². The van der Waals surface area contributed by atoms with Gasteiger partial charge in [0.25, 0.3) is 0 Å². The van der Waals surface area contributed by atoms with E-state index in [1.54, 1.807) is 12.3 Å². The SMILES string of the molecule is CCC(N)C(c1ccccn1)N1CCc2ccc(F)cc21. The van der Waals surface area contributed by atoms with Gasteiger partial charge in [0.05, 0.1) is 11.7 Å². The second-order valence-electron chi connectivity index (χ2n) is 5.49. The summed E-state index contributed by atoms with van der Waals surface area (Å²) in [6, 6.07) is 10.8. The monoisotopic (exact) mass is 285 g/mol. The predicted octanol–water partition coefficient (Wildman–Crippen LogP) is 3.06. The molecule has 0 saturated carbocycles. The fourth-order valence-electron chi connectivity index (χ4n) is 3.05. The Morgan fingerprint density at radius 1 is 1.33 bits per heavy atom. The van der Waals surface area contributed by atoms with Crippen LogP contribution in [0.5, 0.6) is 0 Å². The molecule has 4 heteroatoms. The summed E-state index contributed by atoms with van der Waals surface area (Å²) in [5.74, 6) is -0.203. The third-order valence-electron chi connectivity index (χ3n) is 4.18. The van der Waals surface area contributed by atoms with Crippen LogP contribution in [0.4, 0.5) is 10.1 Å². The summed E-state index contributed by atoms with van der Waals surface area (Å²) in [5.41, 5.74) is 9.43. The quantitative estimate of drug-likeness (QED) is 0.938. The van der Waals surface area contributed by atoms with Gasteiger partial charge in [-0.05, 0) is 42.7 Å². The fourth-order valence-corrected chi connectivity index (χ4v) is 3.05.